The van der Waals surface area contributed by atoms with Crippen molar-refractivity contribution in [2.24, 2.45) is 11.8 Å². The van der Waals surface area contributed by atoms with Gasteiger partial charge in [0.2, 0.25) is 5.95 Å². The normalized spacial score (nSPS) is 24.9. The van der Waals surface area contributed by atoms with Gasteiger partial charge in [-0.2, -0.15) is 4.98 Å². The zero-order valence-corrected chi connectivity index (χ0v) is 15.7. The van der Waals surface area contributed by atoms with E-state index in [2.05, 4.69) is 9.97 Å². The fourth-order valence-electron chi connectivity index (χ4n) is 3.64. The largest absolute Gasteiger partial charge is 0.481 e. The average molecular weight is 398 g/mol. The fraction of sp³-hybridized carbons (Fsp3) is 0.625. The van der Waals surface area contributed by atoms with Crippen LogP contribution in [0.3, 0.4) is 0 Å². The fourth-order valence-corrected chi connectivity index (χ4v) is 4.49. The number of aromatic amines is 1. The van der Waals surface area contributed by atoms with E-state index in [0.717, 1.165) is 11.3 Å². The number of aliphatic hydroxyl groups is 1. The quantitative estimate of drug-likeness (QED) is 0.547. The van der Waals surface area contributed by atoms with E-state index in [1.54, 1.807) is 6.92 Å². The summed E-state index contributed by atoms with van der Waals surface area (Å²) in [5, 5.41) is 19.4. The summed E-state index contributed by atoms with van der Waals surface area (Å²) in [7, 11) is 0. The molecule has 0 radical (unpaired) electrons. The number of carboxylic acid groups (broad SMARTS) is 1. The maximum absolute atomic E-state index is 12.6. The minimum atomic E-state index is -0.929. The van der Waals surface area contributed by atoms with E-state index in [-0.39, 0.29) is 28.6 Å². The van der Waals surface area contributed by atoms with Crippen LogP contribution in [-0.4, -0.2) is 42.9 Å². The van der Waals surface area contributed by atoms with Gasteiger partial charge in [-0.25, -0.2) is 0 Å². The molecular formula is C16H22N4O6S. The molecule has 11 heteroatoms. The van der Waals surface area contributed by atoms with Crippen LogP contribution in [0.2, 0.25) is 0 Å². The lowest BCUT2D eigenvalue weighted by Gasteiger charge is -2.22. The molecule has 0 aliphatic carbocycles. The van der Waals surface area contributed by atoms with Gasteiger partial charge in [0.05, 0.1) is 18.6 Å². The summed E-state index contributed by atoms with van der Waals surface area (Å²) in [4.78, 5) is 41.7. The Morgan fingerprint density at radius 2 is 2.22 bits per heavy atom. The van der Waals surface area contributed by atoms with Crippen molar-refractivity contribution in [3.05, 3.63) is 20.0 Å². The second-order valence-corrected chi connectivity index (χ2v) is 7.77. The summed E-state index contributed by atoms with van der Waals surface area (Å²) in [5.41, 5.74) is 5.21. The molecule has 5 atom stereocenters. The molecule has 3 rings (SSSR count). The molecule has 0 saturated carbocycles. The molecule has 0 amide bonds. The Labute approximate surface area is 157 Å². The van der Waals surface area contributed by atoms with Gasteiger partial charge in [-0.1, -0.05) is 24.7 Å². The van der Waals surface area contributed by atoms with Crippen LogP contribution in [0.25, 0.3) is 10.3 Å². The highest BCUT2D eigenvalue weighted by Gasteiger charge is 2.43. The van der Waals surface area contributed by atoms with Crippen LogP contribution in [-0.2, 0) is 9.53 Å². The van der Waals surface area contributed by atoms with Crippen LogP contribution < -0.4 is 16.2 Å². The number of aliphatic carboxylic acids is 1. The standard InChI is InChI=1S/C16H22N4O6S/c1-3-7(4-10(22)23)9-5-8(6(2)21)14(26-9)20-12-11(27-16(20)25)13(24)19-15(17)18-12/h6-9,14,21H,3-5H2,1-2H3,(H,22,23)(H3,17,18,19,24)/t6-,7+,8+,9+,14-/m1/s1. The van der Waals surface area contributed by atoms with Gasteiger partial charge in [-0.05, 0) is 19.3 Å². The van der Waals surface area contributed by atoms with E-state index >= 15 is 0 Å². The summed E-state index contributed by atoms with van der Waals surface area (Å²) in [5.74, 6) is -1.76. The smallest absolute Gasteiger partial charge is 0.311 e. The average Bonchev–Trinajstić information content (AvgIpc) is 3.13. The Bertz CT molecular complexity index is 964. The predicted molar refractivity (Wildman–Crippen MR) is 98.6 cm³/mol. The topological polar surface area (TPSA) is 161 Å². The Hall–Kier alpha value is -2.24. The molecule has 27 heavy (non-hydrogen) atoms. The first-order valence-corrected chi connectivity index (χ1v) is 9.50. The second kappa shape index (κ2) is 7.41. The van der Waals surface area contributed by atoms with Gasteiger partial charge in [0.1, 0.15) is 10.9 Å². The number of nitrogen functional groups attached to an aromatic ring is 1. The molecule has 2 aromatic heterocycles. The van der Waals surface area contributed by atoms with Crippen molar-refractivity contribution in [3.63, 3.8) is 0 Å². The lowest BCUT2D eigenvalue weighted by Crippen LogP contribution is -2.30. The van der Waals surface area contributed by atoms with Crippen molar-refractivity contribution < 1.29 is 19.7 Å². The van der Waals surface area contributed by atoms with Crippen LogP contribution in [0.5, 0.6) is 0 Å². The van der Waals surface area contributed by atoms with Crippen LogP contribution >= 0.6 is 11.3 Å². The van der Waals surface area contributed by atoms with Gasteiger partial charge < -0.3 is 20.7 Å². The first kappa shape index (κ1) is 19.5. The number of thiazole rings is 1. The molecule has 1 aliphatic heterocycles. The summed E-state index contributed by atoms with van der Waals surface area (Å²) in [6.45, 7) is 3.46. The summed E-state index contributed by atoms with van der Waals surface area (Å²) < 4.78 is 7.43. The summed E-state index contributed by atoms with van der Waals surface area (Å²) in [6, 6.07) is 0. The van der Waals surface area contributed by atoms with Gasteiger partial charge in [0, 0.05) is 5.92 Å². The van der Waals surface area contributed by atoms with E-state index in [1.165, 1.54) is 4.57 Å². The molecule has 0 aromatic carbocycles. The number of hydrogen-bond acceptors (Lipinski definition) is 8. The number of anilines is 1. The number of nitrogens with one attached hydrogen (secondary N) is 1. The number of rotatable bonds is 6. The minimum absolute atomic E-state index is 0.0649. The van der Waals surface area contributed by atoms with Crippen LogP contribution in [0.4, 0.5) is 5.95 Å². The van der Waals surface area contributed by atoms with Gasteiger partial charge in [-0.3, -0.25) is 23.9 Å². The molecular weight excluding hydrogens is 376 g/mol. The number of carbonyl (C=O) groups is 1. The maximum atomic E-state index is 12.6. The van der Waals surface area contributed by atoms with E-state index in [0.29, 0.717) is 12.8 Å². The number of fused-ring (bicyclic) bond motifs is 1. The predicted octanol–water partition coefficient (Wildman–Crippen LogP) is 0.514. The number of nitrogens with zero attached hydrogens (tertiary/aromatic N) is 2. The molecule has 5 N–H and O–H groups in total. The Kier molecular flexibility index (Phi) is 5.36. The number of ether oxygens (including phenoxy) is 1. The molecule has 0 spiro atoms. The number of aromatic nitrogens is 3. The molecule has 2 aromatic rings. The Morgan fingerprint density at radius 1 is 1.52 bits per heavy atom. The molecule has 1 aliphatic rings. The SMILES string of the molecule is CC[C@@H](CC(=O)O)[C@@H]1C[C@@H]([C@@H](C)O)[C@H](n2c(=O)sc3c(=O)[nH]c(N)nc32)O1. The molecule has 10 nitrogen and oxygen atoms in total. The number of carboxylic acids is 1. The molecule has 0 unspecified atom stereocenters. The van der Waals surface area contributed by atoms with Gasteiger partial charge in [0.25, 0.3) is 5.56 Å². The lowest BCUT2D eigenvalue weighted by molar-refractivity contribution is -0.140. The summed E-state index contributed by atoms with van der Waals surface area (Å²) in [6.07, 6.45) is -1.17. The number of hydrogen-bond donors (Lipinski definition) is 4. The van der Waals surface area contributed by atoms with E-state index in [4.69, 9.17) is 15.6 Å². The Morgan fingerprint density at radius 3 is 2.81 bits per heavy atom. The van der Waals surface area contributed by atoms with E-state index in [1.807, 2.05) is 6.92 Å². The highest BCUT2D eigenvalue weighted by Crippen LogP contribution is 2.41. The van der Waals surface area contributed by atoms with Gasteiger partial charge in [-0.15, -0.1) is 0 Å². The number of nitrogens with two attached hydrogens (primary N) is 1. The maximum Gasteiger partial charge on any atom is 0.311 e. The van der Waals surface area contributed by atoms with Gasteiger partial charge >= 0.3 is 10.8 Å². The van der Waals surface area contributed by atoms with Crippen LogP contribution in [0.15, 0.2) is 9.59 Å². The molecule has 0 bridgehead atoms. The highest BCUT2D eigenvalue weighted by molar-refractivity contribution is 7.16. The van der Waals surface area contributed by atoms with Crippen molar-refractivity contribution in [1.29, 1.82) is 0 Å². The zero-order chi connectivity index (χ0) is 19.9. The van der Waals surface area contributed by atoms with Crippen LogP contribution in [0, 0.1) is 11.8 Å². The second-order valence-electron chi connectivity index (χ2n) is 6.81. The van der Waals surface area contributed by atoms with Crippen molar-refractivity contribution in [2.45, 2.75) is 51.5 Å². The lowest BCUT2D eigenvalue weighted by atomic mass is 9.89. The summed E-state index contributed by atoms with van der Waals surface area (Å²) >= 11 is 0.731. The van der Waals surface area contributed by atoms with Gasteiger partial charge in [0.15, 0.2) is 5.65 Å². The molecule has 148 valence electrons. The minimum Gasteiger partial charge on any atom is -0.481 e. The molecule has 1 fully saturated rings. The van der Waals surface area contributed by atoms with Crippen molar-refractivity contribution in [3.8, 4) is 0 Å². The van der Waals surface area contributed by atoms with Crippen molar-refractivity contribution in [2.75, 3.05) is 5.73 Å². The monoisotopic (exact) mass is 398 g/mol. The van der Waals surface area contributed by atoms with E-state index < -0.39 is 40.8 Å². The molecule has 3 heterocycles. The first-order valence-electron chi connectivity index (χ1n) is 8.69. The first-order chi connectivity index (χ1) is 12.7. The zero-order valence-electron chi connectivity index (χ0n) is 14.9. The van der Waals surface area contributed by atoms with Crippen molar-refractivity contribution >= 4 is 33.6 Å². The third-order valence-electron chi connectivity index (χ3n) is 5.04. The number of aliphatic hydroxyl groups excluding tert-OH is 1. The highest BCUT2D eigenvalue weighted by atomic mass is 32.1. The third-order valence-corrected chi connectivity index (χ3v) is 5.98. The van der Waals surface area contributed by atoms with Crippen LogP contribution in [0.1, 0.15) is 39.3 Å². The van der Waals surface area contributed by atoms with E-state index in [9.17, 15) is 19.5 Å². The Balaban J connectivity index is 2.06. The van der Waals surface area contributed by atoms with Crippen molar-refractivity contribution in [1.82, 2.24) is 14.5 Å². The third kappa shape index (κ3) is 3.62. The molecule has 1 saturated heterocycles. The number of H-pyrrole nitrogens is 1.